The summed E-state index contributed by atoms with van der Waals surface area (Å²) in [7, 11) is 0. The Kier molecular flexibility index (Phi) is 7.51. The van der Waals surface area contributed by atoms with Crippen molar-refractivity contribution in [2.24, 2.45) is 35.0 Å². The molecule has 4 aliphatic rings. The normalized spacial score (nSPS) is 33.5. The molecule has 4 rings (SSSR count). The number of ether oxygens (including phenoxy) is 2. The van der Waals surface area contributed by atoms with E-state index in [1.165, 1.54) is 57.8 Å². The predicted molar refractivity (Wildman–Crippen MR) is 118 cm³/mol. The first-order valence-electron chi connectivity index (χ1n) is 12.2. The van der Waals surface area contributed by atoms with Crippen LogP contribution in [0.5, 0.6) is 0 Å². The zero-order valence-corrected chi connectivity index (χ0v) is 19.5. The molecule has 4 aliphatic carbocycles. The average molecular weight is 405 g/mol. The highest BCUT2D eigenvalue weighted by molar-refractivity contribution is 5.87. The number of esters is 1. The second kappa shape index (κ2) is 9.54. The van der Waals surface area contributed by atoms with Crippen LogP contribution in [0.3, 0.4) is 0 Å². The molecule has 166 valence electrons. The van der Waals surface area contributed by atoms with Crippen LogP contribution in [0.15, 0.2) is 12.2 Å². The Morgan fingerprint density at radius 3 is 2.03 bits per heavy atom. The van der Waals surface area contributed by atoms with E-state index in [0.717, 1.165) is 30.1 Å². The molecule has 0 amide bonds. The van der Waals surface area contributed by atoms with E-state index in [-0.39, 0.29) is 17.5 Å². The molecule has 0 aromatic carbocycles. The Balaban J connectivity index is 1.72. The number of carbonyl (C=O) groups is 1. The molecule has 4 saturated carbocycles. The first-order valence-corrected chi connectivity index (χ1v) is 12.2. The zero-order valence-electron chi connectivity index (χ0n) is 19.5. The van der Waals surface area contributed by atoms with Gasteiger partial charge in [0.15, 0.2) is 0 Å². The van der Waals surface area contributed by atoms with E-state index in [0.29, 0.717) is 11.5 Å². The van der Waals surface area contributed by atoms with Crippen molar-refractivity contribution in [2.75, 3.05) is 0 Å². The van der Waals surface area contributed by atoms with Gasteiger partial charge in [0, 0.05) is 11.0 Å². The maximum atomic E-state index is 12.5. The third-order valence-corrected chi connectivity index (χ3v) is 8.03. The summed E-state index contributed by atoms with van der Waals surface area (Å²) in [4.78, 5) is 12.5. The molecule has 0 aromatic rings. The second-order valence-electron chi connectivity index (χ2n) is 11.1. The van der Waals surface area contributed by atoms with Gasteiger partial charge < -0.3 is 9.47 Å². The van der Waals surface area contributed by atoms with E-state index in [1.807, 2.05) is 0 Å². The Morgan fingerprint density at radius 1 is 1.03 bits per heavy atom. The number of rotatable bonds is 11. The monoisotopic (exact) mass is 404 g/mol. The zero-order chi connectivity index (χ0) is 21.2. The van der Waals surface area contributed by atoms with E-state index in [4.69, 9.17) is 9.47 Å². The first-order chi connectivity index (χ1) is 13.7. The fraction of sp³-hybridized carbons (Fsp3) is 0.885. The van der Waals surface area contributed by atoms with Crippen LogP contribution in [-0.4, -0.2) is 18.4 Å². The van der Waals surface area contributed by atoms with Crippen LogP contribution in [0, 0.1) is 35.0 Å². The lowest BCUT2D eigenvalue weighted by Gasteiger charge is -2.58. The Bertz CT molecular complexity index is 543. The molecule has 3 unspecified atom stereocenters. The fourth-order valence-electron chi connectivity index (χ4n) is 6.83. The minimum Gasteiger partial charge on any atom is -0.432 e. The third-order valence-electron chi connectivity index (χ3n) is 8.03. The Morgan fingerprint density at radius 2 is 1.59 bits per heavy atom. The van der Waals surface area contributed by atoms with Crippen LogP contribution >= 0.6 is 0 Å². The van der Waals surface area contributed by atoms with Crippen LogP contribution in [0.25, 0.3) is 0 Å². The SMILES string of the molecule is C=C(C)C(=O)OC(OC(C)C(CC)CCCC(C)C)C12CC3CC(CC(C3)C1)C2. The summed E-state index contributed by atoms with van der Waals surface area (Å²) < 4.78 is 12.7. The fourth-order valence-corrected chi connectivity index (χ4v) is 6.83. The van der Waals surface area contributed by atoms with Gasteiger partial charge in [-0.05, 0) is 88.4 Å². The molecule has 0 aliphatic heterocycles. The lowest BCUT2D eigenvalue weighted by Crippen LogP contribution is -2.54. The maximum Gasteiger partial charge on any atom is 0.335 e. The molecule has 0 N–H and O–H groups in total. The van der Waals surface area contributed by atoms with E-state index < -0.39 is 6.29 Å². The summed E-state index contributed by atoms with van der Waals surface area (Å²) in [6, 6.07) is 0. The van der Waals surface area contributed by atoms with Crippen molar-refractivity contribution in [1.29, 1.82) is 0 Å². The van der Waals surface area contributed by atoms with Crippen molar-refractivity contribution in [3.8, 4) is 0 Å². The molecule has 4 fully saturated rings. The van der Waals surface area contributed by atoms with Crippen molar-refractivity contribution in [3.63, 3.8) is 0 Å². The highest BCUT2D eigenvalue weighted by atomic mass is 16.7. The molecule has 0 radical (unpaired) electrons. The highest BCUT2D eigenvalue weighted by Gasteiger charge is 2.56. The molecule has 0 saturated heterocycles. The number of hydrogen-bond donors (Lipinski definition) is 0. The largest absolute Gasteiger partial charge is 0.432 e. The van der Waals surface area contributed by atoms with Gasteiger partial charge in [-0.1, -0.05) is 46.6 Å². The first kappa shape index (κ1) is 22.8. The summed E-state index contributed by atoms with van der Waals surface area (Å²) >= 11 is 0. The molecular weight excluding hydrogens is 360 g/mol. The van der Waals surface area contributed by atoms with E-state index in [1.54, 1.807) is 6.92 Å². The van der Waals surface area contributed by atoms with Crippen molar-refractivity contribution >= 4 is 5.97 Å². The van der Waals surface area contributed by atoms with E-state index in [9.17, 15) is 4.79 Å². The quantitative estimate of drug-likeness (QED) is 0.213. The van der Waals surface area contributed by atoms with Crippen molar-refractivity contribution in [3.05, 3.63) is 12.2 Å². The molecular formula is C26H44O3. The Hall–Kier alpha value is -0.830. The summed E-state index contributed by atoms with van der Waals surface area (Å²) in [6.07, 6.45) is 12.2. The van der Waals surface area contributed by atoms with Gasteiger partial charge >= 0.3 is 5.97 Å². The molecule has 0 aromatic heterocycles. The van der Waals surface area contributed by atoms with Crippen LogP contribution in [0.4, 0.5) is 0 Å². The summed E-state index contributed by atoms with van der Waals surface area (Å²) in [5.74, 6) is 3.40. The lowest BCUT2D eigenvalue weighted by molar-refractivity contribution is -0.260. The van der Waals surface area contributed by atoms with Gasteiger partial charge in [-0.2, -0.15) is 0 Å². The smallest absolute Gasteiger partial charge is 0.335 e. The van der Waals surface area contributed by atoms with Gasteiger partial charge in [0.25, 0.3) is 0 Å². The standard InChI is InChI=1S/C26H44O3/c1-7-23(10-8-9-17(2)3)19(6)28-25(29-24(27)18(4)5)26-14-20-11-21(15-26)13-22(12-20)16-26/h17,19-23,25H,4,7-16H2,1-3,5-6H3. The van der Waals surface area contributed by atoms with Crippen molar-refractivity contribution in [1.82, 2.24) is 0 Å². The molecule has 4 bridgehead atoms. The molecule has 3 heteroatoms. The van der Waals surface area contributed by atoms with Gasteiger partial charge in [0.05, 0.1) is 6.10 Å². The highest BCUT2D eigenvalue weighted by Crippen LogP contribution is 2.62. The van der Waals surface area contributed by atoms with Crippen LogP contribution in [0.1, 0.15) is 98.8 Å². The van der Waals surface area contributed by atoms with Gasteiger partial charge in [-0.3, -0.25) is 0 Å². The van der Waals surface area contributed by atoms with Crippen molar-refractivity contribution in [2.45, 2.75) is 111 Å². The van der Waals surface area contributed by atoms with Gasteiger partial charge in [-0.15, -0.1) is 0 Å². The number of hydrogen-bond acceptors (Lipinski definition) is 3. The average Bonchev–Trinajstić information content (AvgIpc) is 2.63. The van der Waals surface area contributed by atoms with Gasteiger partial charge in [-0.25, -0.2) is 4.79 Å². The minimum absolute atomic E-state index is 0.0321. The van der Waals surface area contributed by atoms with E-state index in [2.05, 4.69) is 34.3 Å². The third kappa shape index (κ3) is 5.46. The summed E-state index contributed by atoms with van der Waals surface area (Å²) in [5.41, 5.74) is 0.504. The predicted octanol–water partition coefficient (Wildman–Crippen LogP) is 6.91. The molecule has 0 spiro atoms. The molecule has 0 heterocycles. The van der Waals surface area contributed by atoms with E-state index >= 15 is 0 Å². The maximum absolute atomic E-state index is 12.5. The van der Waals surface area contributed by atoms with Crippen LogP contribution in [-0.2, 0) is 14.3 Å². The Labute approximate surface area is 179 Å². The van der Waals surface area contributed by atoms with Gasteiger partial charge in [0.1, 0.15) is 0 Å². The minimum atomic E-state index is -0.408. The summed E-state index contributed by atoms with van der Waals surface area (Å²) in [5, 5.41) is 0. The van der Waals surface area contributed by atoms with Crippen LogP contribution < -0.4 is 0 Å². The number of carbonyl (C=O) groups excluding carboxylic acids is 1. The molecule has 3 atom stereocenters. The molecule has 3 nitrogen and oxygen atoms in total. The lowest BCUT2D eigenvalue weighted by atomic mass is 9.49. The van der Waals surface area contributed by atoms with Crippen LogP contribution in [0.2, 0.25) is 0 Å². The van der Waals surface area contributed by atoms with Gasteiger partial charge in [0.2, 0.25) is 6.29 Å². The topological polar surface area (TPSA) is 35.5 Å². The summed E-state index contributed by atoms with van der Waals surface area (Å²) in [6.45, 7) is 14.6. The van der Waals surface area contributed by atoms with Crippen molar-refractivity contribution < 1.29 is 14.3 Å². The second-order valence-corrected chi connectivity index (χ2v) is 11.1. The molecule has 29 heavy (non-hydrogen) atoms.